The van der Waals surface area contributed by atoms with Crippen LogP contribution in [0.15, 0.2) is 40.1 Å². The van der Waals surface area contributed by atoms with Gasteiger partial charge in [0.15, 0.2) is 0 Å². The quantitative estimate of drug-likeness (QED) is 0.362. The molecule has 78 valence electrons. The fourth-order valence-corrected chi connectivity index (χ4v) is 2.39. The van der Waals surface area contributed by atoms with E-state index in [1.54, 1.807) is 7.11 Å². The summed E-state index contributed by atoms with van der Waals surface area (Å²) in [5, 5.41) is 2.11. The first-order valence-electron chi connectivity index (χ1n) is 4.41. The molecule has 2 rings (SSSR count). The molecule has 2 N–H and O–H groups in total. The van der Waals surface area contributed by atoms with Crippen molar-refractivity contribution in [1.82, 2.24) is 0 Å². The molecule has 0 saturated carbocycles. The van der Waals surface area contributed by atoms with Gasteiger partial charge in [-0.25, -0.2) is 0 Å². The molecule has 5 heteroatoms. The zero-order valence-corrected chi connectivity index (χ0v) is 13.9. The second-order valence-electron chi connectivity index (χ2n) is 3.15. The fourth-order valence-electron chi connectivity index (χ4n) is 1.47. The molecule has 0 aliphatic rings. The minimum atomic E-state index is 0. The SMILES string of the molecule is COSc1cc([S-])c2ccc(N)cc2c1.[K+]. The molecule has 0 amide bonds. The standard InChI is InChI=1S/C11H11NOS2.K/c1-13-15-9-5-7-4-8(12)2-3-10(7)11(14)6-9;/h2-6,14H,12H2,1H3;/q;+1/p-1. The van der Waals surface area contributed by atoms with Crippen LogP contribution in [0, 0.1) is 0 Å². The monoisotopic (exact) mass is 275 g/mol. The third-order valence-electron chi connectivity index (χ3n) is 2.09. The van der Waals surface area contributed by atoms with E-state index in [1.165, 1.54) is 12.0 Å². The van der Waals surface area contributed by atoms with Gasteiger partial charge in [-0.2, -0.15) is 4.90 Å². The Morgan fingerprint density at radius 1 is 1.25 bits per heavy atom. The van der Waals surface area contributed by atoms with Crippen LogP contribution in [0.4, 0.5) is 5.69 Å². The van der Waals surface area contributed by atoms with Crippen LogP contribution >= 0.6 is 12.0 Å². The molecule has 0 atom stereocenters. The largest absolute Gasteiger partial charge is 1.00 e. The molecular formula is C11H10KNOS2. The summed E-state index contributed by atoms with van der Waals surface area (Å²) in [6, 6.07) is 9.69. The number of anilines is 1. The van der Waals surface area contributed by atoms with Crippen LogP contribution in [0.2, 0.25) is 0 Å². The van der Waals surface area contributed by atoms with E-state index in [4.69, 9.17) is 22.5 Å². The van der Waals surface area contributed by atoms with E-state index in [2.05, 4.69) is 0 Å². The molecule has 0 spiro atoms. The predicted molar refractivity (Wildman–Crippen MR) is 66.9 cm³/mol. The fraction of sp³-hybridized carbons (Fsp3) is 0.0909. The Morgan fingerprint density at radius 2 is 2.00 bits per heavy atom. The maximum atomic E-state index is 5.73. The van der Waals surface area contributed by atoms with Crippen molar-refractivity contribution in [2.75, 3.05) is 12.8 Å². The Kier molecular flexibility index (Phi) is 6.04. The molecule has 0 unspecified atom stereocenters. The molecule has 2 aromatic rings. The number of nitrogens with two attached hydrogens (primary N) is 1. The van der Waals surface area contributed by atoms with Gasteiger partial charge < -0.3 is 22.5 Å². The van der Waals surface area contributed by atoms with E-state index in [0.717, 1.165) is 26.3 Å². The summed E-state index contributed by atoms with van der Waals surface area (Å²) in [7, 11) is 1.64. The van der Waals surface area contributed by atoms with E-state index in [-0.39, 0.29) is 51.4 Å². The van der Waals surface area contributed by atoms with Gasteiger partial charge >= 0.3 is 51.4 Å². The smallest absolute Gasteiger partial charge is 0.779 e. The zero-order valence-electron chi connectivity index (χ0n) is 9.19. The van der Waals surface area contributed by atoms with E-state index in [9.17, 15) is 0 Å². The first kappa shape index (κ1) is 14.7. The van der Waals surface area contributed by atoms with E-state index in [0.29, 0.717) is 0 Å². The van der Waals surface area contributed by atoms with Crippen LogP contribution in [-0.2, 0) is 16.8 Å². The first-order chi connectivity index (χ1) is 7.20. The molecule has 0 aliphatic carbocycles. The Labute approximate surface area is 147 Å². The predicted octanol–water partition coefficient (Wildman–Crippen LogP) is -0.0147. The van der Waals surface area contributed by atoms with Crippen LogP contribution in [0.3, 0.4) is 0 Å². The topological polar surface area (TPSA) is 35.2 Å². The maximum Gasteiger partial charge on any atom is 1.00 e. The third-order valence-corrected chi connectivity index (χ3v) is 3.02. The van der Waals surface area contributed by atoms with Gasteiger partial charge in [0.2, 0.25) is 0 Å². The summed E-state index contributed by atoms with van der Waals surface area (Å²) < 4.78 is 5.00. The van der Waals surface area contributed by atoms with Gasteiger partial charge in [0, 0.05) is 22.6 Å². The van der Waals surface area contributed by atoms with Gasteiger partial charge in [-0.1, -0.05) is 12.1 Å². The van der Waals surface area contributed by atoms with Gasteiger partial charge in [-0.05, 0) is 29.0 Å². The number of nitrogen functional groups attached to an aromatic ring is 1. The van der Waals surface area contributed by atoms with Crippen LogP contribution in [0.5, 0.6) is 0 Å². The number of hydrogen-bond donors (Lipinski definition) is 1. The summed E-state index contributed by atoms with van der Waals surface area (Å²) in [6.07, 6.45) is 0. The molecule has 0 bridgehead atoms. The van der Waals surface area contributed by atoms with E-state index < -0.39 is 0 Å². The van der Waals surface area contributed by atoms with Crippen molar-refractivity contribution in [2.45, 2.75) is 9.79 Å². The molecule has 0 heterocycles. The van der Waals surface area contributed by atoms with Crippen LogP contribution < -0.4 is 57.1 Å². The van der Waals surface area contributed by atoms with Crippen molar-refractivity contribution in [1.29, 1.82) is 0 Å². The first-order valence-corrected chi connectivity index (χ1v) is 5.56. The van der Waals surface area contributed by atoms with Crippen molar-refractivity contribution in [2.24, 2.45) is 0 Å². The molecule has 0 saturated heterocycles. The minimum Gasteiger partial charge on any atom is -0.779 e. The van der Waals surface area contributed by atoms with Gasteiger partial charge in [0.25, 0.3) is 0 Å². The van der Waals surface area contributed by atoms with Crippen LogP contribution in [0.25, 0.3) is 10.8 Å². The van der Waals surface area contributed by atoms with Crippen LogP contribution in [-0.4, -0.2) is 7.11 Å². The minimum absolute atomic E-state index is 0. The van der Waals surface area contributed by atoms with Gasteiger partial charge in [-0.3, -0.25) is 0 Å². The Bertz CT molecular complexity index is 505. The van der Waals surface area contributed by atoms with Crippen molar-refractivity contribution in [3.63, 3.8) is 0 Å². The number of benzene rings is 2. The molecule has 0 radical (unpaired) electrons. The summed E-state index contributed by atoms with van der Waals surface area (Å²) in [6.45, 7) is 0. The molecule has 16 heavy (non-hydrogen) atoms. The molecule has 0 aromatic heterocycles. The molecule has 0 fully saturated rings. The van der Waals surface area contributed by atoms with Crippen molar-refractivity contribution < 1.29 is 55.6 Å². The zero-order chi connectivity index (χ0) is 10.8. The second kappa shape index (κ2) is 6.56. The van der Waals surface area contributed by atoms with E-state index in [1.807, 2.05) is 30.3 Å². The maximum absolute atomic E-state index is 5.73. The summed E-state index contributed by atoms with van der Waals surface area (Å²) in [5.74, 6) is 0. The number of hydrogen-bond acceptors (Lipinski definition) is 4. The van der Waals surface area contributed by atoms with Gasteiger partial charge in [-0.15, -0.1) is 0 Å². The normalized spacial score (nSPS) is 10.1. The third kappa shape index (κ3) is 3.33. The van der Waals surface area contributed by atoms with Crippen LogP contribution in [0.1, 0.15) is 0 Å². The molecule has 2 nitrogen and oxygen atoms in total. The van der Waals surface area contributed by atoms with Gasteiger partial charge in [0.1, 0.15) is 0 Å². The summed E-state index contributed by atoms with van der Waals surface area (Å²) >= 11 is 6.59. The van der Waals surface area contributed by atoms with Crippen molar-refractivity contribution >= 4 is 41.1 Å². The van der Waals surface area contributed by atoms with E-state index >= 15 is 0 Å². The van der Waals surface area contributed by atoms with Crippen molar-refractivity contribution in [3.8, 4) is 0 Å². The molecule has 2 aromatic carbocycles. The average molecular weight is 275 g/mol. The second-order valence-corrected chi connectivity index (χ2v) is 4.56. The average Bonchev–Trinajstić information content (AvgIpc) is 2.17. The Balaban J connectivity index is 0.00000128. The summed E-state index contributed by atoms with van der Waals surface area (Å²) in [5.41, 5.74) is 6.47. The Hall–Kier alpha value is 0.666. The Morgan fingerprint density at radius 3 is 2.69 bits per heavy atom. The number of rotatable bonds is 2. The molecular weight excluding hydrogens is 265 g/mol. The molecule has 0 aliphatic heterocycles. The summed E-state index contributed by atoms with van der Waals surface area (Å²) in [4.78, 5) is 1.83. The number of fused-ring (bicyclic) bond motifs is 1. The van der Waals surface area contributed by atoms with Crippen molar-refractivity contribution in [3.05, 3.63) is 30.3 Å². The van der Waals surface area contributed by atoms with Gasteiger partial charge in [0.05, 0.1) is 7.11 Å².